The quantitative estimate of drug-likeness (QED) is 0.626. The topological polar surface area (TPSA) is 104 Å². The van der Waals surface area contributed by atoms with Crippen LogP contribution in [0.3, 0.4) is 0 Å². The fraction of sp³-hybridized carbons (Fsp3) is 0.385. The third kappa shape index (κ3) is 4.42. The minimum absolute atomic E-state index is 0.0624. The lowest BCUT2D eigenvalue weighted by Gasteiger charge is -2.21. The molecule has 20 heavy (non-hydrogen) atoms. The molecule has 0 radical (unpaired) electrons. The van der Waals surface area contributed by atoms with Crippen LogP contribution < -0.4 is 16.4 Å². The first-order valence-electron chi connectivity index (χ1n) is 5.97. The van der Waals surface area contributed by atoms with E-state index in [4.69, 9.17) is 10.8 Å². The number of halogens is 1. The molecule has 0 aliphatic heterocycles. The maximum Gasteiger partial charge on any atom is 0.338 e. The highest BCUT2D eigenvalue weighted by Gasteiger charge is 2.16. The van der Waals surface area contributed by atoms with Gasteiger partial charge in [-0.05, 0) is 32.9 Å². The summed E-state index contributed by atoms with van der Waals surface area (Å²) < 4.78 is 13.5. The zero-order chi connectivity index (χ0) is 15.5. The van der Waals surface area contributed by atoms with Crippen LogP contribution in [0.15, 0.2) is 12.1 Å². The molecule has 0 fully saturated rings. The lowest BCUT2D eigenvalue weighted by Crippen LogP contribution is -2.43. The number of nitrogen functional groups attached to an aromatic ring is 1. The lowest BCUT2D eigenvalue weighted by molar-refractivity contribution is -0.120. The van der Waals surface area contributed by atoms with Crippen molar-refractivity contribution < 1.29 is 19.1 Å². The summed E-state index contributed by atoms with van der Waals surface area (Å²) in [5.74, 6) is -2.59. The second-order valence-electron chi connectivity index (χ2n) is 5.38. The van der Waals surface area contributed by atoms with Crippen molar-refractivity contribution in [2.24, 2.45) is 0 Å². The van der Waals surface area contributed by atoms with E-state index in [2.05, 4.69) is 10.6 Å². The number of hydrogen-bond acceptors (Lipinski definition) is 4. The first kappa shape index (κ1) is 15.7. The Labute approximate surface area is 116 Å². The van der Waals surface area contributed by atoms with Crippen molar-refractivity contribution in [2.45, 2.75) is 26.3 Å². The lowest BCUT2D eigenvalue weighted by atomic mass is 10.1. The largest absolute Gasteiger partial charge is 0.478 e. The van der Waals surface area contributed by atoms with Gasteiger partial charge in [0.15, 0.2) is 0 Å². The van der Waals surface area contributed by atoms with E-state index >= 15 is 0 Å². The van der Waals surface area contributed by atoms with Gasteiger partial charge in [-0.3, -0.25) is 4.79 Å². The van der Waals surface area contributed by atoms with Crippen molar-refractivity contribution in [1.82, 2.24) is 5.32 Å². The van der Waals surface area contributed by atoms with Crippen LogP contribution in [0.5, 0.6) is 0 Å². The van der Waals surface area contributed by atoms with E-state index < -0.39 is 17.3 Å². The van der Waals surface area contributed by atoms with Gasteiger partial charge in [-0.25, -0.2) is 9.18 Å². The van der Waals surface area contributed by atoms with Crippen LogP contribution in [0.2, 0.25) is 0 Å². The van der Waals surface area contributed by atoms with Crippen molar-refractivity contribution in [3.05, 3.63) is 23.5 Å². The highest BCUT2D eigenvalue weighted by molar-refractivity contribution is 5.91. The summed E-state index contributed by atoms with van der Waals surface area (Å²) in [7, 11) is 0. The molecule has 0 saturated carbocycles. The SMILES string of the molecule is CC(C)(C)NC(=O)CNc1cc(F)c(C(=O)O)cc1N. The number of amides is 1. The Bertz CT molecular complexity index is 538. The molecule has 7 heteroatoms. The summed E-state index contributed by atoms with van der Waals surface area (Å²) in [4.78, 5) is 22.3. The van der Waals surface area contributed by atoms with Crippen LogP contribution in [0, 0.1) is 5.82 Å². The Balaban J connectivity index is 2.77. The third-order valence-corrected chi connectivity index (χ3v) is 2.32. The van der Waals surface area contributed by atoms with Crippen LogP contribution >= 0.6 is 0 Å². The summed E-state index contributed by atoms with van der Waals surface area (Å²) in [6.45, 7) is 5.41. The molecule has 0 bridgehead atoms. The van der Waals surface area contributed by atoms with Gasteiger partial charge in [0, 0.05) is 5.54 Å². The molecule has 0 spiro atoms. The number of rotatable bonds is 4. The Hall–Kier alpha value is -2.31. The summed E-state index contributed by atoms with van der Waals surface area (Å²) in [6, 6.07) is 1.98. The number of carboxylic acid groups (broad SMARTS) is 1. The molecule has 110 valence electrons. The Morgan fingerprint density at radius 3 is 2.45 bits per heavy atom. The van der Waals surface area contributed by atoms with Crippen LogP contribution in [-0.2, 0) is 4.79 Å². The van der Waals surface area contributed by atoms with Gasteiger partial charge in [0.2, 0.25) is 5.91 Å². The molecule has 0 aliphatic rings. The number of aromatic carboxylic acids is 1. The van der Waals surface area contributed by atoms with Gasteiger partial charge >= 0.3 is 5.97 Å². The summed E-state index contributed by atoms with van der Waals surface area (Å²) >= 11 is 0. The number of hydrogen-bond donors (Lipinski definition) is 4. The minimum Gasteiger partial charge on any atom is -0.478 e. The molecule has 6 nitrogen and oxygen atoms in total. The number of anilines is 2. The number of benzene rings is 1. The standard InChI is InChI=1S/C13H18FN3O3/c1-13(2,3)17-11(18)6-16-10-5-8(14)7(12(19)20)4-9(10)15/h4-5,16H,6,15H2,1-3H3,(H,17,18)(H,19,20). The van der Waals surface area contributed by atoms with E-state index in [1.54, 1.807) is 0 Å². The monoisotopic (exact) mass is 283 g/mol. The van der Waals surface area contributed by atoms with Crippen molar-refractivity contribution in [1.29, 1.82) is 0 Å². The third-order valence-electron chi connectivity index (χ3n) is 2.32. The molecule has 0 unspecified atom stereocenters. The Morgan fingerprint density at radius 2 is 1.95 bits per heavy atom. The molecule has 0 heterocycles. The van der Waals surface area contributed by atoms with Gasteiger partial charge in [-0.2, -0.15) is 0 Å². The number of carboxylic acids is 1. The molecule has 1 aromatic carbocycles. The van der Waals surface area contributed by atoms with Crippen LogP contribution in [-0.4, -0.2) is 29.1 Å². The molecular weight excluding hydrogens is 265 g/mol. The normalized spacial score (nSPS) is 11.0. The van der Waals surface area contributed by atoms with E-state index in [0.29, 0.717) is 0 Å². The van der Waals surface area contributed by atoms with E-state index in [1.165, 1.54) is 0 Å². The molecular formula is C13H18FN3O3. The van der Waals surface area contributed by atoms with Gasteiger partial charge in [0.25, 0.3) is 0 Å². The number of nitrogens with two attached hydrogens (primary N) is 1. The predicted molar refractivity (Wildman–Crippen MR) is 74.2 cm³/mol. The van der Waals surface area contributed by atoms with Crippen molar-refractivity contribution in [3.8, 4) is 0 Å². The van der Waals surface area contributed by atoms with Crippen molar-refractivity contribution in [3.63, 3.8) is 0 Å². The van der Waals surface area contributed by atoms with E-state index in [-0.39, 0.29) is 29.4 Å². The Kier molecular flexibility index (Phi) is 4.54. The van der Waals surface area contributed by atoms with E-state index in [9.17, 15) is 14.0 Å². The number of carbonyl (C=O) groups excluding carboxylic acids is 1. The fourth-order valence-corrected chi connectivity index (χ4v) is 1.54. The molecule has 0 aliphatic carbocycles. The van der Waals surface area contributed by atoms with Gasteiger partial charge in [-0.1, -0.05) is 0 Å². The molecule has 1 amide bonds. The van der Waals surface area contributed by atoms with E-state index in [1.807, 2.05) is 20.8 Å². The summed E-state index contributed by atoms with van der Waals surface area (Å²) in [5.41, 5.74) is 4.98. The van der Waals surface area contributed by atoms with Crippen LogP contribution in [0.25, 0.3) is 0 Å². The number of carbonyl (C=O) groups is 2. The zero-order valence-corrected chi connectivity index (χ0v) is 11.6. The highest BCUT2D eigenvalue weighted by atomic mass is 19.1. The summed E-state index contributed by atoms with van der Waals surface area (Å²) in [6.07, 6.45) is 0. The molecule has 0 atom stereocenters. The van der Waals surface area contributed by atoms with Gasteiger partial charge in [0.1, 0.15) is 5.82 Å². The van der Waals surface area contributed by atoms with Crippen molar-refractivity contribution >= 4 is 23.3 Å². The van der Waals surface area contributed by atoms with E-state index in [0.717, 1.165) is 12.1 Å². The Morgan fingerprint density at radius 1 is 1.35 bits per heavy atom. The number of nitrogens with one attached hydrogen (secondary N) is 2. The molecule has 5 N–H and O–H groups in total. The average molecular weight is 283 g/mol. The first-order valence-corrected chi connectivity index (χ1v) is 5.97. The summed E-state index contributed by atoms with van der Waals surface area (Å²) in [5, 5.41) is 14.1. The predicted octanol–water partition coefficient (Wildman–Crippen LogP) is 1.43. The molecule has 1 rings (SSSR count). The highest BCUT2D eigenvalue weighted by Crippen LogP contribution is 2.22. The van der Waals surface area contributed by atoms with Gasteiger partial charge < -0.3 is 21.5 Å². The van der Waals surface area contributed by atoms with Gasteiger partial charge in [-0.15, -0.1) is 0 Å². The molecule has 0 aromatic heterocycles. The first-order chi connectivity index (χ1) is 9.10. The second-order valence-corrected chi connectivity index (χ2v) is 5.38. The molecule has 1 aromatic rings. The average Bonchev–Trinajstić information content (AvgIpc) is 2.27. The zero-order valence-electron chi connectivity index (χ0n) is 11.6. The van der Waals surface area contributed by atoms with Gasteiger partial charge in [0.05, 0.1) is 23.5 Å². The van der Waals surface area contributed by atoms with Crippen LogP contribution in [0.4, 0.5) is 15.8 Å². The smallest absolute Gasteiger partial charge is 0.338 e. The minimum atomic E-state index is -1.40. The molecule has 0 saturated heterocycles. The maximum atomic E-state index is 13.5. The fourth-order valence-electron chi connectivity index (χ4n) is 1.54. The maximum absolute atomic E-state index is 13.5. The van der Waals surface area contributed by atoms with Crippen LogP contribution in [0.1, 0.15) is 31.1 Å². The second kappa shape index (κ2) is 5.77. The van der Waals surface area contributed by atoms with Crippen molar-refractivity contribution in [2.75, 3.05) is 17.6 Å².